The maximum absolute atomic E-state index is 12.6. The molecule has 3 rings (SSSR count). The number of nitrogens with one attached hydrogen (secondary N) is 1. The van der Waals surface area contributed by atoms with Crippen LogP contribution in [-0.4, -0.2) is 60.1 Å². The van der Waals surface area contributed by atoms with Crippen LogP contribution in [0, 0.1) is 0 Å². The summed E-state index contributed by atoms with van der Waals surface area (Å²) in [5, 5.41) is 2.69. The van der Waals surface area contributed by atoms with Gasteiger partial charge in [0.2, 0.25) is 5.91 Å². The van der Waals surface area contributed by atoms with Crippen LogP contribution >= 0.6 is 0 Å². The SMILES string of the molecule is CC(C)(C)OC(=O)N1CCC[C@H]1C(=O)OCC(=O)N1CC(=O)Nc2ccccc21. The molecule has 1 atom stereocenters. The zero-order chi connectivity index (χ0) is 21.2. The van der Waals surface area contributed by atoms with Crippen LogP contribution in [0.5, 0.6) is 0 Å². The average molecular weight is 403 g/mol. The van der Waals surface area contributed by atoms with Crippen LogP contribution in [0.2, 0.25) is 0 Å². The number of ether oxygens (including phenoxy) is 2. The summed E-state index contributed by atoms with van der Waals surface area (Å²) in [6.45, 7) is 4.97. The molecule has 1 fully saturated rings. The van der Waals surface area contributed by atoms with Crippen LogP contribution in [0.3, 0.4) is 0 Å². The van der Waals surface area contributed by atoms with E-state index in [-0.39, 0.29) is 12.5 Å². The number of hydrogen-bond donors (Lipinski definition) is 1. The van der Waals surface area contributed by atoms with Crippen LogP contribution in [0.4, 0.5) is 16.2 Å². The number of nitrogens with zero attached hydrogens (tertiary/aromatic N) is 2. The number of carbonyl (C=O) groups excluding carboxylic acids is 4. The summed E-state index contributed by atoms with van der Waals surface area (Å²) in [6.07, 6.45) is 0.512. The Hall–Kier alpha value is -3.10. The van der Waals surface area contributed by atoms with Gasteiger partial charge in [0.05, 0.1) is 11.4 Å². The highest BCUT2D eigenvalue weighted by Crippen LogP contribution is 2.29. The summed E-state index contributed by atoms with van der Waals surface area (Å²) in [5.74, 6) is -1.49. The van der Waals surface area contributed by atoms with Crippen molar-refractivity contribution in [2.24, 2.45) is 0 Å². The van der Waals surface area contributed by atoms with Gasteiger partial charge in [-0.15, -0.1) is 0 Å². The predicted octanol–water partition coefficient (Wildman–Crippen LogP) is 1.91. The number of hydrogen-bond acceptors (Lipinski definition) is 6. The van der Waals surface area contributed by atoms with Crippen molar-refractivity contribution >= 4 is 35.3 Å². The molecule has 1 saturated heterocycles. The van der Waals surface area contributed by atoms with E-state index in [9.17, 15) is 19.2 Å². The molecule has 3 amide bonds. The first-order valence-electron chi connectivity index (χ1n) is 9.51. The predicted molar refractivity (Wildman–Crippen MR) is 104 cm³/mol. The molecule has 29 heavy (non-hydrogen) atoms. The topological polar surface area (TPSA) is 105 Å². The summed E-state index contributed by atoms with van der Waals surface area (Å²) < 4.78 is 10.5. The van der Waals surface area contributed by atoms with Crippen LogP contribution in [-0.2, 0) is 23.9 Å². The van der Waals surface area contributed by atoms with Gasteiger partial charge in [0.1, 0.15) is 18.2 Å². The summed E-state index contributed by atoms with van der Waals surface area (Å²) in [4.78, 5) is 51.9. The second-order valence-corrected chi connectivity index (χ2v) is 7.98. The van der Waals surface area contributed by atoms with Crippen molar-refractivity contribution in [3.05, 3.63) is 24.3 Å². The number of likely N-dealkylation sites (tertiary alicyclic amines) is 1. The van der Waals surface area contributed by atoms with Gasteiger partial charge in [-0.2, -0.15) is 0 Å². The Morgan fingerprint density at radius 3 is 2.66 bits per heavy atom. The molecule has 1 aromatic carbocycles. The van der Waals surface area contributed by atoms with Crippen molar-refractivity contribution in [3.63, 3.8) is 0 Å². The maximum atomic E-state index is 12.6. The third kappa shape index (κ3) is 4.85. The number of esters is 1. The van der Waals surface area contributed by atoms with E-state index in [1.54, 1.807) is 45.0 Å². The highest BCUT2D eigenvalue weighted by atomic mass is 16.6. The van der Waals surface area contributed by atoms with E-state index in [2.05, 4.69) is 5.32 Å². The van der Waals surface area contributed by atoms with E-state index in [1.807, 2.05) is 0 Å². The lowest BCUT2D eigenvalue weighted by Gasteiger charge is -2.29. The first-order chi connectivity index (χ1) is 13.7. The summed E-state index contributed by atoms with van der Waals surface area (Å²) in [7, 11) is 0. The quantitative estimate of drug-likeness (QED) is 0.773. The number of para-hydroxylation sites is 2. The normalized spacial score (nSPS) is 18.7. The Morgan fingerprint density at radius 1 is 1.21 bits per heavy atom. The van der Waals surface area contributed by atoms with Gasteiger partial charge in [-0.25, -0.2) is 9.59 Å². The van der Waals surface area contributed by atoms with E-state index < -0.39 is 36.2 Å². The minimum absolute atomic E-state index is 0.152. The second kappa shape index (κ2) is 8.10. The van der Waals surface area contributed by atoms with Gasteiger partial charge in [-0.3, -0.25) is 19.4 Å². The Kier molecular flexibility index (Phi) is 5.76. The van der Waals surface area contributed by atoms with Gasteiger partial charge in [-0.1, -0.05) is 12.1 Å². The van der Waals surface area contributed by atoms with Crippen molar-refractivity contribution < 1.29 is 28.7 Å². The van der Waals surface area contributed by atoms with Crippen molar-refractivity contribution in [2.75, 3.05) is 29.9 Å². The number of fused-ring (bicyclic) bond motifs is 1. The molecule has 0 aliphatic carbocycles. The molecule has 156 valence electrons. The highest BCUT2D eigenvalue weighted by Gasteiger charge is 2.38. The molecule has 0 aromatic heterocycles. The molecule has 9 heteroatoms. The lowest BCUT2D eigenvalue weighted by atomic mass is 10.2. The molecule has 2 aliphatic heterocycles. The molecule has 0 saturated carbocycles. The lowest BCUT2D eigenvalue weighted by molar-refractivity contribution is -0.152. The van der Waals surface area contributed by atoms with Gasteiger partial charge in [-0.05, 0) is 45.7 Å². The molecule has 0 radical (unpaired) electrons. The molecular weight excluding hydrogens is 378 g/mol. The average Bonchev–Trinajstić information content (AvgIpc) is 3.14. The van der Waals surface area contributed by atoms with Crippen LogP contribution < -0.4 is 10.2 Å². The summed E-state index contributed by atoms with van der Waals surface area (Å²) >= 11 is 0. The highest BCUT2D eigenvalue weighted by molar-refractivity contribution is 6.10. The van der Waals surface area contributed by atoms with Crippen molar-refractivity contribution in [2.45, 2.75) is 45.3 Å². The van der Waals surface area contributed by atoms with E-state index >= 15 is 0 Å². The molecule has 2 heterocycles. The van der Waals surface area contributed by atoms with Crippen LogP contribution in [0.1, 0.15) is 33.6 Å². The number of carbonyl (C=O) groups is 4. The van der Waals surface area contributed by atoms with Gasteiger partial charge in [0.25, 0.3) is 5.91 Å². The Balaban J connectivity index is 1.61. The van der Waals surface area contributed by atoms with Crippen molar-refractivity contribution in [3.8, 4) is 0 Å². The second-order valence-electron chi connectivity index (χ2n) is 7.98. The zero-order valence-electron chi connectivity index (χ0n) is 16.8. The van der Waals surface area contributed by atoms with E-state index in [0.29, 0.717) is 30.8 Å². The number of anilines is 2. The monoisotopic (exact) mass is 403 g/mol. The minimum Gasteiger partial charge on any atom is -0.454 e. The largest absolute Gasteiger partial charge is 0.454 e. The zero-order valence-corrected chi connectivity index (χ0v) is 16.8. The first kappa shape index (κ1) is 20.6. The maximum Gasteiger partial charge on any atom is 0.411 e. The number of amides is 3. The third-order valence-electron chi connectivity index (χ3n) is 4.56. The fraction of sp³-hybridized carbons (Fsp3) is 0.500. The van der Waals surface area contributed by atoms with Gasteiger partial charge in [0, 0.05) is 6.54 Å². The van der Waals surface area contributed by atoms with E-state index in [0.717, 1.165) is 0 Å². The van der Waals surface area contributed by atoms with E-state index in [4.69, 9.17) is 9.47 Å². The molecule has 0 bridgehead atoms. The summed E-state index contributed by atoms with van der Waals surface area (Å²) in [6, 6.07) is 6.11. The van der Waals surface area contributed by atoms with E-state index in [1.165, 1.54) is 9.80 Å². The first-order valence-corrected chi connectivity index (χ1v) is 9.51. The van der Waals surface area contributed by atoms with Crippen LogP contribution in [0.25, 0.3) is 0 Å². The molecule has 0 unspecified atom stereocenters. The van der Waals surface area contributed by atoms with Gasteiger partial charge >= 0.3 is 12.1 Å². The fourth-order valence-electron chi connectivity index (χ4n) is 3.31. The molecule has 1 aromatic rings. The molecule has 9 nitrogen and oxygen atoms in total. The number of benzene rings is 1. The van der Waals surface area contributed by atoms with Crippen molar-refractivity contribution in [1.29, 1.82) is 0 Å². The van der Waals surface area contributed by atoms with Crippen molar-refractivity contribution in [1.82, 2.24) is 4.90 Å². The third-order valence-corrected chi connectivity index (χ3v) is 4.56. The van der Waals surface area contributed by atoms with Gasteiger partial charge in [0.15, 0.2) is 6.61 Å². The van der Waals surface area contributed by atoms with Crippen LogP contribution in [0.15, 0.2) is 24.3 Å². The lowest BCUT2D eigenvalue weighted by Crippen LogP contribution is -2.46. The minimum atomic E-state index is -0.783. The Bertz CT molecular complexity index is 832. The fourth-order valence-corrected chi connectivity index (χ4v) is 3.31. The summed E-state index contributed by atoms with van der Waals surface area (Å²) in [5.41, 5.74) is 0.395. The standard InChI is InChI=1S/C20H25N3O6/c1-20(2,3)29-19(27)22-10-6-9-15(22)18(26)28-12-17(25)23-11-16(24)21-13-7-4-5-8-14(13)23/h4-5,7-8,15H,6,9-12H2,1-3H3,(H,21,24)/t15-/m0/s1. The molecule has 2 aliphatic rings. The Morgan fingerprint density at radius 2 is 1.93 bits per heavy atom. The molecule has 1 N–H and O–H groups in total. The molecule has 0 spiro atoms. The Labute approximate surface area is 168 Å². The smallest absolute Gasteiger partial charge is 0.411 e. The number of rotatable bonds is 3. The van der Waals surface area contributed by atoms with Gasteiger partial charge < -0.3 is 14.8 Å². The molecular formula is C20H25N3O6.